The Morgan fingerprint density at radius 2 is 1.78 bits per heavy atom. The van der Waals surface area contributed by atoms with E-state index in [-0.39, 0.29) is 11.9 Å². The Labute approximate surface area is 137 Å². The van der Waals surface area contributed by atoms with Crippen molar-refractivity contribution >= 4 is 23.2 Å². The number of allylic oxidation sites excluding steroid dienone is 1. The van der Waals surface area contributed by atoms with Crippen LogP contribution in [0.25, 0.3) is 5.70 Å². The molecule has 0 aliphatic carbocycles. The summed E-state index contributed by atoms with van der Waals surface area (Å²) < 4.78 is 14.9. The largest absolute Gasteiger partial charge is 0.324 e. The number of fused-ring (bicyclic) bond motifs is 1. The molecule has 2 aromatic carbocycles. The number of hydrogen-bond acceptors (Lipinski definition) is 3. The van der Waals surface area contributed by atoms with E-state index in [9.17, 15) is 4.39 Å². The molecule has 0 bridgehead atoms. The molecule has 0 spiro atoms. The zero-order chi connectivity index (χ0) is 15.8. The van der Waals surface area contributed by atoms with Crippen LogP contribution in [0.3, 0.4) is 0 Å². The quantitative estimate of drug-likeness (QED) is 0.770. The zero-order valence-corrected chi connectivity index (χ0v) is 12.7. The number of halogens is 2. The Morgan fingerprint density at radius 1 is 1.04 bits per heavy atom. The highest BCUT2D eigenvalue weighted by molar-refractivity contribution is 6.30. The van der Waals surface area contributed by atoms with Crippen molar-refractivity contribution in [2.45, 2.75) is 6.04 Å². The van der Waals surface area contributed by atoms with Crippen LogP contribution in [0.4, 0.5) is 10.3 Å². The maximum absolute atomic E-state index is 13.1. The van der Waals surface area contributed by atoms with Gasteiger partial charge in [-0.05, 0) is 53.6 Å². The van der Waals surface area contributed by atoms with E-state index in [2.05, 4.69) is 15.4 Å². The predicted molar refractivity (Wildman–Crippen MR) is 87.6 cm³/mol. The Bertz CT molecular complexity index is 868. The minimum Gasteiger partial charge on any atom is -0.324 e. The van der Waals surface area contributed by atoms with Crippen LogP contribution in [0.2, 0.25) is 5.02 Å². The van der Waals surface area contributed by atoms with Gasteiger partial charge in [-0.25, -0.2) is 9.07 Å². The molecule has 1 aliphatic rings. The molecule has 0 saturated heterocycles. The number of rotatable bonds is 2. The summed E-state index contributed by atoms with van der Waals surface area (Å²) in [5, 5.41) is 8.19. The zero-order valence-electron chi connectivity index (χ0n) is 11.9. The van der Waals surface area contributed by atoms with E-state index in [4.69, 9.17) is 11.6 Å². The molecule has 1 N–H and O–H groups in total. The summed E-state index contributed by atoms with van der Waals surface area (Å²) in [6.07, 6.45) is 3.55. The summed E-state index contributed by atoms with van der Waals surface area (Å²) in [4.78, 5) is 4.24. The molecule has 1 aliphatic heterocycles. The summed E-state index contributed by atoms with van der Waals surface area (Å²) in [5.74, 6) is 0.384. The molecule has 3 aromatic rings. The maximum atomic E-state index is 13.1. The number of nitrogens with zero attached hydrogens (tertiary/aromatic N) is 3. The lowest BCUT2D eigenvalue weighted by molar-refractivity contribution is 0.611. The monoisotopic (exact) mass is 326 g/mol. The van der Waals surface area contributed by atoms with E-state index in [1.165, 1.54) is 18.5 Å². The molecule has 6 heteroatoms. The Kier molecular flexibility index (Phi) is 3.35. The topological polar surface area (TPSA) is 42.7 Å². The molecule has 0 unspecified atom stereocenters. The van der Waals surface area contributed by atoms with Crippen LogP contribution in [0.15, 0.2) is 60.9 Å². The molecular formula is C17H12ClFN4. The number of nitrogens with one attached hydrogen (secondary N) is 1. The summed E-state index contributed by atoms with van der Waals surface area (Å²) in [5.41, 5.74) is 2.80. The van der Waals surface area contributed by atoms with Gasteiger partial charge < -0.3 is 5.32 Å². The summed E-state index contributed by atoms with van der Waals surface area (Å²) in [6.45, 7) is 0. The van der Waals surface area contributed by atoms with Crippen molar-refractivity contribution in [1.29, 1.82) is 0 Å². The second-order valence-electron chi connectivity index (χ2n) is 5.24. The van der Waals surface area contributed by atoms with Gasteiger partial charge in [-0.15, -0.1) is 0 Å². The van der Waals surface area contributed by atoms with Crippen molar-refractivity contribution in [2.24, 2.45) is 0 Å². The Morgan fingerprint density at radius 3 is 2.52 bits per heavy atom. The molecule has 4 rings (SSSR count). The van der Waals surface area contributed by atoms with Gasteiger partial charge in [0.15, 0.2) is 0 Å². The Balaban J connectivity index is 1.79. The fourth-order valence-corrected chi connectivity index (χ4v) is 2.75. The van der Waals surface area contributed by atoms with Crippen molar-refractivity contribution in [3.8, 4) is 0 Å². The smallest absolute Gasteiger partial charge is 0.226 e. The van der Waals surface area contributed by atoms with Crippen LogP contribution in [-0.4, -0.2) is 14.8 Å². The van der Waals surface area contributed by atoms with E-state index >= 15 is 0 Å². The van der Waals surface area contributed by atoms with Crippen molar-refractivity contribution in [3.05, 3.63) is 82.9 Å². The molecule has 1 atom stereocenters. The van der Waals surface area contributed by atoms with Crippen LogP contribution in [0.1, 0.15) is 17.2 Å². The van der Waals surface area contributed by atoms with Gasteiger partial charge in [-0.2, -0.15) is 10.1 Å². The van der Waals surface area contributed by atoms with E-state index in [0.29, 0.717) is 11.0 Å². The molecular weight excluding hydrogens is 315 g/mol. The minimum absolute atomic E-state index is 0.105. The molecule has 0 saturated carbocycles. The number of hydrogen-bond donors (Lipinski definition) is 1. The van der Waals surface area contributed by atoms with Gasteiger partial charge in [0.2, 0.25) is 5.95 Å². The first-order chi connectivity index (χ1) is 11.2. The van der Waals surface area contributed by atoms with Crippen molar-refractivity contribution in [1.82, 2.24) is 14.8 Å². The summed E-state index contributed by atoms with van der Waals surface area (Å²) in [7, 11) is 0. The van der Waals surface area contributed by atoms with Crippen LogP contribution in [0.5, 0.6) is 0 Å². The van der Waals surface area contributed by atoms with Gasteiger partial charge >= 0.3 is 0 Å². The third-order valence-corrected chi connectivity index (χ3v) is 4.03. The molecule has 1 aromatic heterocycles. The van der Waals surface area contributed by atoms with Crippen LogP contribution < -0.4 is 5.32 Å². The molecule has 114 valence electrons. The second-order valence-corrected chi connectivity index (χ2v) is 5.67. The predicted octanol–water partition coefficient (Wildman–Crippen LogP) is 4.13. The van der Waals surface area contributed by atoms with Gasteiger partial charge in [0.05, 0.1) is 0 Å². The van der Waals surface area contributed by atoms with Crippen molar-refractivity contribution in [3.63, 3.8) is 0 Å². The average Bonchev–Trinajstić information content (AvgIpc) is 3.04. The first-order valence-corrected chi connectivity index (χ1v) is 7.48. The van der Waals surface area contributed by atoms with Crippen LogP contribution >= 0.6 is 11.6 Å². The fraction of sp³-hybridized carbons (Fsp3) is 0.0588. The number of aromatic nitrogens is 3. The lowest BCUT2D eigenvalue weighted by atomic mass is 10.0. The van der Waals surface area contributed by atoms with E-state index in [0.717, 1.165) is 16.8 Å². The van der Waals surface area contributed by atoms with E-state index in [1.807, 2.05) is 30.3 Å². The molecule has 0 amide bonds. The van der Waals surface area contributed by atoms with Gasteiger partial charge in [-0.1, -0.05) is 23.7 Å². The van der Waals surface area contributed by atoms with E-state index in [1.54, 1.807) is 16.8 Å². The highest BCUT2D eigenvalue weighted by atomic mass is 35.5. The van der Waals surface area contributed by atoms with Crippen LogP contribution in [0, 0.1) is 5.82 Å². The van der Waals surface area contributed by atoms with Gasteiger partial charge in [0.25, 0.3) is 0 Å². The first kappa shape index (κ1) is 14.0. The molecule has 0 fully saturated rings. The van der Waals surface area contributed by atoms with Gasteiger partial charge in [-0.3, -0.25) is 0 Å². The highest BCUT2D eigenvalue weighted by Gasteiger charge is 2.23. The van der Waals surface area contributed by atoms with Gasteiger partial charge in [0, 0.05) is 10.7 Å². The van der Waals surface area contributed by atoms with Crippen molar-refractivity contribution in [2.75, 3.05) is 5.32 Å². The number of anilines is 1. The average molecular weight is 327 g/mol. The van der Waals surface area contributed by atoms with Crippen molar-refractivity contribution < 1.29 is 4.39 Å². The molecule has 0 radical (unpaired) electrons. The number of benzene rings is 2. The normalized spacial score (nSPS) is 16.4. The third-order valence-electron chi connectivity index (χ3n) is 3.77. The maximum Gasteiger partial charge on any atom is 0.226 e. The molecule has 2 heterocycles. The highest BCUT2D eigenvalue weighted by Crippen LogP contribution is 2.32. The molecule has 4 nitrogen and oxygen atoms in total. The third kappa shape index (κ3) is 2.59. The summed E-state index contributed by atoms with van der Waals surface area (Å²) in [6, 6.07) is 13.9. The minimum atomic E-state index is -0.262. The lowest BCUT2D eigenvalue weighted by Crippen LogP contribution is -2.20. The van der Waals surface area contributed by atoms with Crippen LogP contribution in [-0.2, 0) is 0 Å². The van der Waals surface area contributed by atoms with E-state index < -0.39 is 0 Å². The Hall–Kier alpha value is -2.66. The van der Waals surface area contributed by atoms with Gasteiger partial charge in [0.1, 0.15) is 18.2 Å². The lowest BCUT2D eigenvalue weighted by Gasteiger charge is -2.24. The standard InChI is InChI=1S/C17H12ClFN4/c18-13-5-1-12(2-6-13)16-9-15(11-3-7-14(19)8-4-11)22-17-20-10-21-23(16)17/h1-10,16H,(H,20,21,22)/t16-/m0/s1. The molecule has 23 heavy (non-hydrogen) atoms. The summed E-state index contributed by atoms with van der Waals surface area (Å²) >= 11 is 5.97. The SMILES string of the molecule is Fc1ccc(C2=C[C@@H](c3ccc(Cl)cc3)n3ncnc3N2)cc1. The fourth-order valence-electron chi connectivity index (χ4n) is 2.63. The second kappa shape index (κ2) is 5.52. The first-order valence-electron chi connectivity index (χ1n) is 7.10.